The fourth-order valence-electron chi connectivity index (χ4n) is 2.68. The zero-order valence-electron chi connectivity index (χ0n) is 10.3. The van der Waals surface area contributed by atoms with Crippen LogP contribution >= 0.6 is 0 Å². The van der Waals surface area contributed by atoms with Crippen molar-refractivity contribution in [2.24, 2.45) is 0 Å². The van der Waals surface area contributed by atoms with Crippen LogP contribution in [0, 0.1) is 5.82 Å². The van der Waals surface area contributed by atoms with Gasteiger partial charge in [0.05, 0.1) is 5.41 Å². The number of nitrogens with zero attached hydrogens (tertiary/aromatic N) is 1. The lowest BCUT2D eigenvalue weighted by Crippen LogP contribution is -2.57. The van der Waals surface area contributed by atoms with Gasteiger partial charge in [0, 0.05) is 6.54 Å². The molecule has 0 bridgehead atoms. The number of halogens is 1. The lowest BCUT2D eigenvalue weighted by atomic mass is 9.91. The molecule has 1 saturated carbocycles. The molecule has 19 heavy (non-hydrogen) atoms. The van der Waals surface area contributed by atoms with Gasteiger partial charge in [-0.3, -0.25) is 4.79 Å². The number of carbonyl (C=O) groups is 2. The molecule has 0 aromatic heterocycles. The molecule has 4 nitrogen and oxygen atoms in total. The van der Waals surface area contributed by atoms with E-state index in [0.717, 1.165) is 5.56 Å². The number of hydrogen-bond donors (Lipinski definition) is 1. The average Bonchev–Trinajstić information content (AvgIpc) is 3.08. The molecule has 1 aromatic carbocycles. The molecule has 0 radical (unpaired) electrons. The molecule has 1 aliphatic heterocycles. The first-order chi connectivity index (χ1) is 9.04. The zero-order chi connectivity index (χ0) is 13.6. The predicted molar refractivity (Wildman–Crippen MR) is 65.1 cm³/mol. The minimum Gasteiger partial charge on any atom is -0.480 e. The Bertz CT molecular complexity index is 536. The first kappa shape index (κ1) is 12.1. The number of amides is 1. The van der Waals surface area contributed by atoms with Crippen molar-refractivity contribution in [2.75, 3.05) is 6.54 Å². The first-order valence-electron chi connectivity index (χ1n) is 6.34. The maximum absolute atomic E-state index is 12.9. The topological polar surface area (TPSA) is 57.6 Å². The molecule has 1 amide bonds. The fraction of sp³-hybridized carbons (Fsp3) is 0.429. The zero-order valence-corrected chi connectivity index (χ0v) is 10.3. The molecule has 5 heteroatoms. The summed E-state index contributed by atoms with van der Waals surface area (Å²) < 4.78 is 12.9. The Hall–Kier alpha value is -1.91. The Balaban J connectivity index is 1.83. The van der Waals surface area contributed by atoms with Crippen molar-refractivity contribution in [3.8, 4) is 0 Å². The number of aliphatic carboxylic acids is 1. The third kappa shape index (κ3) is 1.80. The van der Waals surface area contributed by atoms with Crippen LogP contribution < -0.4 is 0 Å². The molecule has 3 rings (SSSR count). The number of benzene rings is 1. The number of likely N-dealkylation sites (tertiary alicyclic amines) is 1. The Morgan fingerprint density at radius 3 is 2.32 bits per heavy atom. The van der Waals surface area contributed by atoms with E-state index in [0.29, 0.717) is 25.8 Å². The Morgan fingerprint density at radius 2 is 1.89 bits per heavy atom. The SMILES string of the molecule is O=C(O)[C@H]1CCN1C(=O)C1(c2ccc(F)cc2)CC1. The Kier molecular flexibility index (Phi) is 2.59. The summed E-state index contributed by atoms with van der Waals surface area (Å²) in [5.41, 5.74) is 0.178. The second-order valence-corrected chi connectivity index (χ2v) is 5.23. The van der Waals surface area contributed by atoms with Crippen molar-refractivity contribution in [3.05, 3.63) is 35.6 Å². The van der Waals surface area contributed by atoms with E-state index in [1.54, 1.807) is 12.1 Å². The van der Waals surface area contributed by atoms with Gasteiger partial charge in [0.2, 0.25) is 5.91 Å². The van der Waals surface area contributed by atoms with Gasteiger partial charge in [-0.1, -0.05) is 12.1 Å². The molecule has 2 aliphatic rings. The van der Waals surface area contributed by atoms with Crippen LogP contribution in [0.25, 0.3) is 0 Å². The van der Waals surface area contributed by atoms with Gasteiger partial charge in [0.15, 0.2) is 0 Å². The van der Waals surface area contributed by atoms with E-state index in [1.807, 2.05) is 0 Å². The van der Waals surface area contributed by atoms with E-state index in [-0.39, 0.29) is 11.7 Å². The van der Waals surface area contributed by atoms with E-state index in [9.17, 15) is 14.0 Å². The third-order valence-corrected chi connectivity index (χ3v) is 4.12. The van der Waals surface area contributed by atoms with Gasteiger partial charge >= 0.3 is 5.97 Å². The van der Waals surface area contributed by atoms with Crippen LogP contribution in [-0.4, -0.2) is 34.5 Å². The van der Waals surface area contributed by atoms with Crippen LogP contribution in [0.3, 0.4) is 0 Å². The highest BCUT2D eigenvalue weighted by Crippen LogP contribution is 2.50. The number of hydrogen-bond acceptors (Lipinski definition) is 2. The summed E-state index contributed by atoms with van der Waals surface area (Å²) in [6.45, 7) is 0.499. The van der Waals surface area contributed by atoms with E-state index < -0.39 is 17.4 Å². The maximum Gasteiger partial charge on any atom is 0.326 e. The van der Waals surface area contributed by atoms with Crippen molar-refractivity contribution in [1.29, 1.82) is 0 Å². The van der Waals surface area contributed by atoms with Crippen LogP contribution in [0.5, 0.6) is 0 Å². The predicted octanol–water partition coefficient (Wildman–Crippen LogP) is 1.54. The van der Waals surface area contributed by atoms with Crippen molar-refractivity contribution in [1.82, 2.24) is 4.90 Å². The van der Waals surface area contributed by atoms with Crippen molar-refractivity contribution in [3.63, 3.8) is 0 Å². The fourth-order valence-corrected chi connectivity index (χ4v) is 2.68. The number of carbonyl (C=O) groups excluding carboxylic acids is 1. The highest BCUT2D eigenvalue weighted by Gasteiger charge is 2.56. The van der Waals surface area contributed by atoms with Crippen molar-refractivity contribution in [2.45, 2.75) is 30.7 Å². The highest BCUT2D eigenvalue weighted by molar-refractivity contribution is 5.95. The summed E-state index contributed by atoms with van der Waals surface area (Å²) in [6.07, 6.45) is 1.93. The average molecular weight is 263 g/mol. The normalized spacial score (nSPS) is 23.6. The van der Waals surface area contributed by atoms with Gasteiger partial charge < -0.3 is 10.0 Å². The summed E-state index contributed by atoms with van der Waals surface area (Å²) >= 11 is 0. The van der Waals surface area contributed by atoms with Crippen molar-refractivity contribution >= 4 is 11.9 Å². The lowest BCUT2D eigenvalue weighted by molar-refractivity contribution is -0.158. The molecule has 0 unspecified atom stereocenters. The monoisotopic (exact) mass is 263 g/mol. The second-order valence-electron chi connectivity index (χ2n) is 5.23. The molecular formula is C14H14FNO3. The maximum atomic E-state index is 12.9. The van der Waals surface area contributed by atoms with Gasteiger partial charge in [-0.2, -0.15) is 0 Å². The van der Waals surface area contributed by atoms with Crippen LogP contribution in [0.2, 0.25) is 0 Å². The van der Waals surface area contributed by atoms with Gasteiger partial charge in [-0.25, -0.2) is 9.18 Å². The molecule has 2 fully saturated rings. The largest absolute Gasteiger partial charge is 0.480 e. The molecule has 100 valence electrons. The van der Waals surface area contributed by atoms with Gasteiger partial charge in [-0.15, -0.1) is 0 Å². The first-order valence-corrected chi connectivity index (χ1v) is 6.34. The molecule has 1 aliphatic carbocycles. The molecule has 1 aromatic rings. The smallest absolute Gasteiger partial charge is 0.326 e. The molecular weight excluding hydrogens is 249 g/mol. The molecule has 1 heterocycles. The number of rotatable bonds is 3. The quantitative estimate of drug-likeness (QED) is 0.900. The lowest BCUT2D eigenvalue weighted by Gasteiger charge is -2.40. The minimum atomic E-state index is -0.950. The molecule has 1 N–H and O–H groups in total. The summed E-state index contributed by atoms with van der Waals surface area (Å²) in [6, 6.07) is 5.23. The standard InChI is InChI=1S/C14H14FNO3/c15-10-3-1-9(2-4-10)14(6-7-14)13(19)16-8-5-11(16)12(17)18/h1-4,11H,5-8H2,(H,17,18)/t11-/m1/s1. The van der Waals surface area contributed by atoms with Crippen LogP contribution in [0.15, 0.2) is 24.3 Å². The second kappa shape index (κ2) is 4.05. The third-order valence-electron chi connectivity index (χ3n) is 4.12. The molecule has 1 saturated heterocycles. The van der Waals surface area contributed by atoms with E-state index in [4.69, 9.17) is 5.11 Å². The van der Waals surface area contributed by atoms with Crippen LogP contribution in [0.4, 0.5) is 4.39 Å². The molecule has 0 spiro atoms. The van der Waals surface area contributed by atoms with E-state index in [2.05, 4.69) is 0 Å². The summed E-state index contributed by atoms with van der Waals surface area (Å²) in [5, 5.41) is 9.00. The van der Waals surface area contributed by atoms with E-state index >= 15 is 0 Å². The van der Waals surface area contributed by atoms with Crippen molar-refractivity contribution < 1.29 is 19.1 Å². The number of carboxylic acid groups (broad SMARTS) is 1. The van der Waals surface area contributed by atoms with Crippen LogP contribution in [0.1, 0.15) is 24.8 Å². The summed E-state index contributed by atoms with van der Waals surface area (Å²) in [4.78, 5) is 24.9. The summed E-state index contributed by atoms with van der Waals surface area (Å²) in [5.74, 6) is -1.41. The van der Waals surface area contributed by atoms with Gasteiger partial charge in [0.1, 0.15) is 11.9 Å². The minimum absolute atomic E-state index is 0.127. The highest BCUT2D eigenvalue weighted by atomic mass is 19.1. The van der Waals surface area contributed by atoms with Crippen LogP contribution in [-0.2, 0) is 15.0 Å². The Morgan fingerprint density at radius 1 is 1.26 bits per heavy atom. The van der Waals surface area contributed by atoms with Gasteiger partial charge in [0.25, 0.3) is 0 Å². The summed E-state index contributed by atoms with van der Waals surface area (Å²) in [7, 11) is 0. The van der Waals surface area contributed by atoms with E-state index in [1.165, 1.54) is 17.0 Å². The molecule has 1 atom stereocenters. The Labute approximate surface area is 109 Å². The number of carboxylic acids is 1. The van der Waals surface area contributed by atoms with Gasteiger partial charge in [-0.05, 0) is 37.0 Å².